The van der Waals surface area contributed by atoms with E-state index >= 15 is 0 Å². The van der Waals surface area contributed by atoms with E-state index in [1.54, 1.807) is 0 Å². The summed E-state index contributed by atoms with van der Waals surface area (Å²) in [6.45, 7) is 2.10. The topological polar surface area (TPSA) is 68.8 Å². The van der Waals surface area contributed by atoms with E-state index in [9.17, 15) is 0 Å². The minimum Gasteiger partial charge on any atom is -0.316 e. The van der Waals surface area contributed by atoms with Gasteiger partial charge in [0.2, 0.25) is 0 Å². The summed E-state index contributed by atoms with van der Waals surface area (Å²) >= 11 is 0. The number of nitrogens with one attached hydrogen (secondary N) is 1. The number of rotatable bonds is 1. The number of hydrogen-bond acceptors (Lipinski definition) is 4. The molecule has 0 bridgehead atoms. The third-order valence-corrected chi connectivity index (χ3v) is 3.36. The number of aromatic nitrogens is 3. The van der Waals surface area contributed by atoms with Crippen LogP contribution in [0.4, 0.5) is 0 Å². The van der Waals surface area contributed by atoms with Crippen molar-refractivity contribution in [3.05, 3.63) is 11.6 Å². The fourth-order valence-corrected chi connectivity index (χ4v) is 2.45. The van der Waals surface area contributed by atoms with E-state index in [-0.39, 0.29) is 6.17 Å². The highest BCUT2D eigenvalue weighted by atomic mass is 15.4. The van der Waals surface area contributed by atoms with Gasteiger partial charge in [0.1, 0.15) is 12.0 Å². The number of nitrogens with zero attached hydrogens (tertiary/aromatic N) is 3. The second-order valence-corrected chi connectivity index (χ2v) is 4.48. The first-order valence-corrected chi connectivity index (χ1v) is 5.76. The quantitative estimate of drug-likeness (QED) is 0.687. The predicted octanol–water partition coefficient (Wildman–Crippen LogP) is 0.149. The molecule has 1 aromatic heterocycles. The Morgan fingerprint density at radius 1 is 1.40 bits per heavy atom. The molecule has 2 aliphatic heterocycles. The van der Waals surface area contributed by atoms with Crippen molar-refractivity contribution in [1.29, 1.82) is 0 Å². The Balaban J connectivity index is 1.90. The lowest BCUT2D eigenvalue weighted by molar-refractivity contribution is 0.370. The maximum atomic E-state index is 6.00. The number of nitrogens with two attached hydrogens (primary N) is 1. The molecule has 15 heavy (non-hydrogen) atoms. The molecule has 0 spiro atoms. The number of aryl methyl sites for hydroxylation is 1. The van der Waals surface area contributed by atoms with Gasteiger partial charge < -0.3 is 11.1 Å². The van der Waals surface area contributed by atoms with Gasteiger partial charge in [-0.05, 0) is 25.8 Å². The maximum absolute atomic E-state index is 6.00. The van der Waals surface area contributed by atoms with E-state index in [2.05, 4.69) is 15.4 Å². The van der Waals surface area contributed by atoms with Crippen molar-refractivity contribution < 1.29 is 0 Å². The normalized spacial score (nSPS) is 30.5. The van der Waals surface area contributed by atoms with Crippen LogP contribution in [0.15, 0.2) is 0 Å². The number of fused-ring (bicyclic) bond motifs is 1. The lowest BCUT2D eigenvalue weighted by Crippen LogP contribution is -2.26. The van der Waals surface area contributed by atoms with Crippen molar-refractivity contribution in [3.8, 4) is 0 Å². The lowest BCUT2D eigenvalue weighted by Gasteiger charge is -2.18. The summed E-state index contributed by atoms with van der Waals surface area (Å²) in [7, 11) is 0. The molecule has 2 atom stereocenters. The smallest absolute Gasteiger partial charge is 0.155 e. The van der Waals surface area contributed by atoms with Crippen molar-refractivity contribution in [2.75, 3.05) is 13.1 Å². The van der Waals surface area contributed by atoms with Crippen LogP contribution < -0.4 is 11.1 Å². The molecule has 2 aliphatic rings. The first-order valence-electron chi connectivity index (χ1n) is 5.76. The molecule has 1 fully saturated rings. The molecule has 0 radical (unpaired) electrons. The van der Waals surface area contributed by atoms with Gasteiger partial charge in [-0.3, -0.25) is 0 Å². The van der Waals surface area contributed by atoms with Gasteiger partial charge in [0.15, 0.2) is 5.82 Å². The average molecular weight is 207 g/mol. The summed E-state index contributed by atoms with van der Waals surface area (Å²) in [6, 6.07) is 0. The average Bonchev–Trinajstić information content (AvgIpc) is 2.86. The van der Waals surface area contributed by atoms with Gasteiger partial charge in [-0.1, -0.05) is 0 Å². The molecule has 5 nitrogen and oxygen atoms in total. The van der Waals surface area contributed by atoms with E-state index in [1.807, 2.05) is 4.68 Å². The Hall–Kier alpha value is -0.940. The molecular formula is C10H17N5. The molecule has 5 heteroatoms. The van der Waals surface area contributed by atoms with Gasteiger partial charge in [0.25, 0.3) is 0 Å². The molecule has 0 aromatic carbocycles. The number of hydrogen-bond donors (Lipinski definition) is 2. The van der Waals surface area contributed by atoms with Crippen LogP contribution in [0.1, 0.15) is 43.0 Å². The minimum atomic E-state index is 0.0457. The highest BCUT2D eigenvalue weighted by Crippen LogP contribution is 2.24. The van der Waals surface area contributed by atoms with E-state index < -0.39 is 0 Å². The highest BCUT2D eigenvalue weighted by Gasteiger charge is 2.25. The van der Waals surface area contributed by atoms with Gasteiger partial charge in [-0.2, -0.15) is 5.10 Å². The third-order valence-electron chi connectivity index (χ3n) is 3.36. The third kappa shape index (κ3) is 1.55. The maximum Gasteiger partial charge on any atom is 0.155 e. The monoisotopic (exact) mass is 207 g/mol. The van der Waals surface area contributed by atoms with Gasteiger partial charge >= 0.3 is 0 Å². The zero-order chi connectivity index (χ0) is 10.3. The Labute approximate surface area is 89.1 Å². The SMILES string of the molecule is NC1CCCc2nc(C3CCNC3)nn21. The molecule has 1 aromatic rings. The summed E-state index contributed by atoms with van der Waals surface area (Å²) in [6.07, 6.45) is 4.39. The van der Waals surface area contributed by atoms with Crippen LogP contribution in [-0.4, -0.2) is 27.9 Å². The van der Waals surface area contributed by atoms with Gasteiger partial charge in [-0.25, -0.2) is 9.67 Å². The summed E-state index contributed by atoms with van der Waals surface area (Å²) in [5.74, 6) is 2.57. The predicted molar refractivity (Wildman–Crippen MR) is 56.4 cm³/mol. The standard InChI is InChI=1S/C10H17N5/c11-8-2-1-3-9-13-10(14-15(8)9)7-4-5-12-6-7/h7-8,12H,1-6,11H2. The van der Waals surface area contributed by atoms with E-state index in [0.29, 0.717) is 5.92 Å². The molecular weight excluding hydrogens is 190 g/mol. The Bertz CT molecular complexity index is 353. The van der Waals surface area contributed by atoms with E-state index in [4.69, 9.17) is 5.73 Å². The second-order valence-electron chi connectivity index (χ2n) is 4.48. The Morgan fingerprint density at radius 2 is 2.33 bits per heavy atom. The summed E-state index contributed by atoms with van der Waals surface area (Å²) in [5, 5.41) is 7.90. The fraction of sp³-hybridized carbons (Fsp3) is 0.800. The van der Waals surface area contributed by atoms with Crippen molar-refractivity contribution >= 4 is 0 Å². The molecule has 0 amide bonds. The molecule has 0 aliphatic carbocycles. The van der Waals surface area contributed by atoms with Crippen LogP contribution in [0.5, 0.6) is 0 Å². The molecule has 1 saturated heterocycles. The van der Waals surface area contributed by atoms with Crippen molar-refractivity contribution in [1.82, 2.24) is 20.1 Å². The highest BCUT2D eigenvalue weighted by molar-refractivity contribution is 5.05. The molecule has 3 rings (SSSR count). The zero-order valence-electron chi connectivity index (χ0n) is 8.82. The first kappa shape index (κ1) is 9.30. The Morgan fingerprint density at radius 3 is 3.07 bits per heavy atom. The molecule has 3 heterocycles. The minimum absolute atomic E-state index is 0.0457. The van der Waals surface area contributed by atoms with Crippen LogP contribution in [0.2, 0.25) is 0 Å². The fourth-order valence-electron chi connectivity index (χ4n) is 2.45. The van der Waals surface area contributed by atoms with Crippen LogP contribution in [0.25, 0.3) is 0 Å². The molecule has 82 valence electrons. The van der Waals surface area contributed by atoms with Crippen molar-refractivity contribution in [2.45, 2.75) is 37.8 Å². The van der Waals surface area contributed by atoms with Crippen LogP contribution in [-0.2, 0) is 6.42 Å². The van der Waals surface area contributed by atoms with Crippen molar-refractivity contribution in [3.63, 3.8) is 0 Å². The molecule has 3 N–H and O–H groups in total. The van der Waals surface area contributed by atoms with Gasteiger partial charge in [0.05, 0.1) is 0 Å². The van der Waals surface area contributed by atoms with Gasteiger partial charge in [-0.15, -0.1) is 0 Å². The van der Waals surface area contributed by atoms with E-state index in [1.165, 1.54) is 0 Å². The Kier molecular flexibility index (Phi) is 2.21. The van der Waals surface area contributed by atoms with E-state index in [0.717, 1.165) is 50.4 Å². The summed E-state index contributed by atoms with van der Waals surface area (Å²) in [4.78, 5) is 4.62. The van der Waals surface area contributed by atoms with Crippen LogP contribution in [0.3, 0.4) is 0 Å². The van der Waals surface area contributed by atoms with Gasteiger partial charge in [0, 0.05) is 18.9 Å². The van der Waals surface area contributed by atoms with Crippen LogP contribution >= 0.6 is 0 Å². The largest absolute Gasteiger partial charge is 0.316 e. The van der Waals surface area contributed by atoms with Crippen LogP contribution in [0, 0.1) is 0 Å². The molecule has 0 saturated carbocycles. The summed E-state index contributed by atoms with van der Waals surface area (Å²) < 4.78 is 1.93. The summed E-state index contributed by atoms with van der Waals surface area (Å²) in [5.41, 5.74) is 6.00. The zero-order valence-corrected chi connectivity index (χ0v) is 8.82. The molecule has 2 unspecified atom stereocenters. The first-order chi connectivity index (χ1) is 7.34. The van der Waals surface area contributed by atoms with Crippen molar-refractivity contribution in [2.24, 2.45) is 5.73 Å². The second kappa shape index (κ2) is 3.57. The lowest BCUT2D eigenvalue weighted by atomic mass is 10.1.